The van der Waals surface area contributed by atoms with Crippen LogP contribution >= 0.6 is 0 Å². The second kappa shape index (κ2) is 9.88. The summed E-state index contributed by atoms with van der Waals surface area (Å²) >= 11 is 0. The average Bonchev–Trinajstić information content (AvgIpc) is 2.64. The van der Waals surface area contributed by atoms with Gasteiger partial charge < -0.3 is 16.0 Å². The van der Waals surface area contributed by atoms with Crippen molar-refractivity contribution in [1.29, 1.82) is 0 Å². The molecular weight excluding hydrogens is 338 g/mol. The fourth-order valence-electron chi connectivity index (χ4n) is 2.71. The standard InChI is InChI=1S/C22H29N3O2/c1-5-23-14-17-7-6-8-19(13-17)24-22(27)20(15(2)3)25-21(26)18-11-9-16(4)10-12-18/h6-13,15,20,23H,5,14H2,1-4H3,(H,24,27)(H,25,26). The molecule has 0 aliphatic carbocycles. The highest BCUT2D eigenvalue weighted by molar-refractivity contribution is 6.01. The number of rotatable bonds is 8. The van der Waals surface area contributed by atoms with Crippen LogP contribution in [0.4, 0.5) is 5.69 Å². The van der Waals surface area contributed by atoms with Gasteiger partial charge in [0.2, 0.25) is 5.91 Å². The highest BCUT2D eigenvalue weighted by Crippen LogP contribution is 2.13. The van der Waals surface area contributed by atoms with Crippen molar-refractivity contribution in [3.63, 3.8) is 0 Å². The number of benzene rings is 2. The van der Waals surface area contributed by atoms with E-state index in [-0.39, 0.29) is 17.7 Å². The van der Waals surface area contributed by atoms with Gasteiger partial charge in [0, 0.05) is 17.8 Å². The summed E-state index contributed by atoms with van der Waals surface area (Å²) < 4.78 is 0. The van der Waals surface area contributed by atoms with Gasteiger partial charge in [-0.05, 0) is 49.2 Å². The highest BCUT2D eigenvalue weighted by atomic mass is 16.2. The van der Waals surface area contributed by atoms with Gasteiger partial charge in [-0.25, -0.2) is 0 Å². The summed E-state index contributed by atoms with van der Waals surface area (Å²) in [4.78, 5) is 25.3. The minimum atomic E-state index is -0.615. The van der Waals surface area contributed by atoms with E-state index in [1.54, 1.807) is 12.1 Å². The first-order valence-electron chi connectivity index (χ1n) is 9.38. The summed E-state index contributed by atoms with van der Waals surface area (Å²) in [6.07, 6.45) is 0. The Morgan fingerprint density at radius 2 is 1.74 bits per heavy atom. The van der Waals surface area contributed by atoms with Crippen molar-refractivity contribution < 1.29 is 9.59 Å². The van der Waals surface area contributed by atoms with Gasteiger partial charge in [0.05, 0.1) is 0 Å². The molecule has 0 aromatic heterocycles. The maximum absolute atomic E-state index is 12.8. The third-order valence-electron chi connectivity index (χ3n) is 4.32. The maximum atomic E-state index is 12.8. The van der Waals surface area contributed by atoms with Crippen molar-refractivity contribution in [2.24, 2.45) is 5.92 Å². The fourth-order valence-corrected chi connectivity index (χ4v) is 2.71. The van der Waals surface area contributed by atoms with Gasteiger partial charge in [0.15, 0.2) is 0 Å². The Morgan fingerprint density at radius 3 is 2.37 bits per heavy atom. The van der Waals surface area contributed by atoms with Crippen molar-refractivity contribution in [3.8, 4) is 0 Å². The summed E-state index contributed by atoms with van der Waals surface area (Å²) in [5.41, 5.74) is 3.46. The predicted molar refractivity (Wildman–Crippen MR) is 110 cm³/mol. The molecule has 0 aliphatic heterocycles. The first kappa shape index (κ1) is 20.6. The van der Waals surface area contributed by atoms with Gasteiger partial charge in [-0.15, -0.1) is 0 Å². The summed E-state index contributed by atoms with van der Waals surface area (Å²) in [6.45, 7) is 9.49. The van der Waals surface area contributed by atoms with Crippen LogP contribution in [0.1, 0.15) is 42.3 Å². The molecule has 0 bridgehead atoms. The smallest absolute Gasteiger partial charge is 0.251 e. The predicted octanol–water partition coefficient (Wildman–Crippen LogP) is 3.50. The van der Waals surface area contributed by atoms with E-state index in [9.17, 15) is 9.59 Å². The Bertz CT molecular complexity index is 769. The Hall–Kier alpha value is -2.66. The molecule has 2 aromatic carbocycles. The third kappa shape index (κ3) is 6.22. The molecule has 0 heterocycles. The van der Waals surface area contributed by atoms with E-state index in [1.807, 2.05) is 57.2 Å². The van der Waals surface area contributed by atoms with Crippen molar-refractivity contribution in [2.45, 2.75) is 40.3 Å². The van der Waals surface area contributed by atoms with Gasteiger partial charge >= 0.3 is 0 Å². The molecule has 27 heavy (non-hydrogen) atoms. The zero-order valence-corrected chi connectivity index (χ0v) is 16.5. The molecule has 5 nitrogen and oxygen atoms in total. The second-order valence-corrected chi connectivity index (χ2v) is 7.03. The lowest BCUT2D eigenvalue weighted by molar-refractivity contribution is -0.118. The zero-order valence-electron chi connectivity index (χ0n) is 16.5. The second-order valence-electron chi connectivity index (χ2n) is 7.03. The molecule has 1 atom stereocenters. The molecule has 0 fully saturated rings. The van der Waals surface area contributed by atoms with E-state index >= 15 is 0 Å². The molecule has 0 radical (unpaired) electrons. The number of amides is 2. The quantitative estimate of drug-likeness (QED) is 0.669. The van der Waals surface area contributed by atoms with Crippen molar-refractivity contribution in [3.05, 3.63) is 65.2 Å². The SMILES string of the molecule is CCNCc1cccc(NC(=O)C(NC(=O)c2ccc(C)cc2)C(C)C)c1. The van der Waals surface area contributed by atoms with E-state index in [1.165, 1.54) is 0 Å². The molecule has 3 N–H and O–H groups in total. The van der Waals surface area contributed by atoms with Crippen LogP contribution in [0.2, 0.25) is 0 Å². The van der Waals surface area contributed by atoms with Gasteiger partial charge in [-0.3, -0.25) is 9.59 Å². The average molecular weight is 367 g/mol. The summed E-state index contributed by atoms with van der Waals surface area (Å²) in [6, 6.07) is 14.4. The molecule has 1 unspecified atom stereocenters. The van der Waals surface area contributed by atoms with Crippen LogP contribution in [-0.4, -0.2) is 24.4 Å². The Kier molecular flexibility index (Phi) is 7.55. The summed E-state index contributed by atoms with van der Waals surface area (Å²) in [7, 11) is 0. The third-order valence-corrected chi connectivity index (χ3v) is 4.32. The number of anilines is 1. The van der Waals surface area contributed by atoms with E-state index in [4.69, 9.17) is 0 Å². The van der Waals surface area contributed by atoms with E-state index in [0.717, 1.165) is 29.9 Å². The number of carbonyl (C=O) groups is 2. The van der Waals surface area contributed by atoms with Crippen LogP contribution in [0.3, 0.4) is 0 Å². The van der Waals surface area contributed by atoms with Crippen LogP contribution in [0.5, 0.6) is 0 Å². The Labute approximate surface area is 161 Å². The molecule has 0 aliphatic rings. The topological polar surface area (TPSA) is 70.2 Å². The maximum Gasteiger partial charge on any atom is 0.251 e. The largest absolute Gasteiger partial charge is 0.340 e. The van der Waals surface area contributed by atoms with Gasteiger partial charge in [0.1, 0.15) is 6.04 Å². The lowest BCUT2D eigenvalue weighted by Crippen LogP contribution is -2.47. The van der Waals surface area contributed by atoms with Gasteiger partial charge in [-0.2, -0.15) is 0 Å². The molecule has 2 aromatic rings. The number of nitrogens with one attached hydrogen (secondary N) is 3. The lowest BCUT2D eigenvalue weighted by atomic mass is 10.0. The number of aryl methyl sites for hydroxylation is 1. The first-order chi connectivity index (χ1) is 12.9. The van der Waals surface area contributed by atoms with Gasteiger partial charge in [-0.1, -0.05) is 50.6 Å². The number of hydrogen-bond donors (Lipinski definition) is 3. The van der Waals surface area contributed by atoms with Crippen molar-refractivity contribution >= 4 is 17.5 Å². The lowest BCUT2D eigenvalue weighted by Gasteiger charge is -2.22. The van der Waals surface area contributed by atoms with Crippen molar-refractivity contribution in [2.75, 3.05) is 11.9 Å². The molecule has 5 heteroatoms. The van der Waals surface area contributed by atoms with Crippen LogP contribution in [0, 0.1) is 12.8 Å². The molecule has 144 valence electrons. The molecule has 2 rings (SSSR count). The summed E-state index contributed by atoms with van der Waals surface area (Å²) in [5.74, 6) is -0.500. The minimum absolute atomic E-state index is 0.0376. The van der Waals surface area contributed by atoms with Gasteiger partial charge in [0.25, 0.3) is 5.91 Å². The molecular formula is C22H29N3O2. The number of hydrogen-bond acceptors (Lipinski definition) is 3. The molecule has 0 saturated carbocycles. The van der Waals surface area contributed by atoms with E-state index in [0.29, 0.717) is 5.56 Å². The highest BCUT2D eigenvalue weighted by Gasteiger charge is 2.24. The first-order valence-corrected chi connectivity index (χ1v) is 9.38. The Morgan fingerprint density at radius 1 is 1.04 bits per heavy atom. The van der Waals surface area contributed by atoms with Crippen LogP contribution in [-0.2, 0) is 11.3 Å². The van der Waals surface area contributed by atoms with Crippen LogP contribution in [0.25, 0.3) is 0 Å². The minimum Gasteiger partial charge on any atom is -0.340 e. The van der Waals surface area contributed by atoms with Crippen LogP contribution < -0.4 is 16.0 Å². The van der Waals surface area contributed by atoms with E-state index in [2.05, 4.69) is 22.9 Å². The fraction of sp³-hybridized carbons (Fsp3) is 0.364. The summed E-state index contributed by atoms with van der Waals surface area (Å²) in [5, 5.41) is 9.05. The van der Waals surface area contributed by atoms with Crippen LogP contribution in [0.15, 0.2) is 48.5 Å². The molecule has 0 saturated heterocycles. The molecule has 2 amide bonds. The molecule has 0 spiro atoms. The van der Waals surface area contributed by atoms with E-state index < -0.39 is 6.04 Å². The normalized spacial score (nSPS) is 11.9. The zero-order chi connectivity index (χ0) is 19.8. The number of carbonyl (C=O) groups excluding carboxylic acids is 2. The monoisotopic (exact) mass is 367 g/mol. The Balaban J connectivity index is 2.06. The van der Waals surface area contributed by atoms with Crippen molar-refractivity contribution in [1.82, 2.24) is 10.6 Å².